The third-order valence-electron chi connectivity index (χ3n) is 13.0. The van der Waals surface area contributed by atoms with Crippen molar-refractivity contribution in [2.45, 2.75) is 64.7 Å². The number of hydrogen-bond acceptors (Lipinski definition) is 2. The molecule has 10 rings (SSSR count). The van der Waals surface area contributed by atoms with E-state index in [1.54, 1.807) is 0 Å². The Hall–Kier alpha value is -6.81. The van der Waals surface area contributed by atoms with E-state index in [9.17, 15) is 0 Å². The summed E-state index contributed by atoms with van der Waals surface area (Å²) < 4.78 is 13.3. The Morgan fingerprint density at radius 2 is 1.14 bits per heavy atom. The van der Waals surface area contributed by atoms with Crippen molar-refractivity contribution in [3.63, 3.8) is 0 Å². The maximum absolute atomic E-state index is 6.85. The first kappa shape index (κ1) is 44.4. The van der Waals surface area contributed by atoms with Crippen molar-refractivity contribution in [2.75, 3.05) is 0 Å². The summed E-state index contributed by atoms with van der Waals surface area (Å²) in [4.78, 5) is 4.96. The Kier molecular flexibility index (Phi) is 11.8. The first-order valence-electron chi connectivity index (χ1n) is 22.4. The maximum Gasteiger partial charge on any atom is 0.267 e. The molecule has 0 amide bonds. The Bertz CT molecular complexity index is 3310. The van der Waals surface area contributed by atoms with Crippen molar-refractivity contribution in [3.8, 4) is 39.8 Å². The van der Waals surface area contributed by atoms with Crippen molar-refractivity contribution in [2.24, 2.45) is 0 Å². The van der Waals surface area contributed by atoms with Crippen LogP contribution < -0.4 is 9.30 Å². The van der Waals surface area contributed by atoms with Gasteiger partial charge in [0.05, 0.1) is 11.4 Å². The zero-order valence-electron chi connectivity index (χ0n) is 38.4. The summed E-state index contributed by atoms with van der Waals surface area (Å²) in [6.07, 6.45) is 7.80. The topological polar surface area (TPSA) is 35.9 Å². The van der Waals surface area contributed by atoms with E-state index in [-0.39, 0.29) is 37.3 Å². The average molecular weight is 1040 g/mol. The van der Waals surface area contributed by atoms with Crippen molar-refractivity contribution in [3.05, 3.63) is 235 Å². The number of fused-ring (bicyclic) bond motifs is 3. The molecule has 0 bridgehead atoms. The number of para-hydroxylation sites is 1. The minimum Gasteiger partial charge on any atom is -0.510 e. The molecule has 0 spiro atoms. The van der Waals surface area contributed by atoms with Crippen LogP contribution in [0.15, 0.2) is 188 Å². The largest absolute Gasteiger partial charge is 0.510 e. The number of rotatable bonds is 10. The van der Waals surface area contributed by atoms with Gasteiger partial charge < -0.3 is 13.9 Å². The third kappa shape index (κ3) is 8.33. The van der Waals surface area contributed by atoms with Crippen LogP contribution in [0, 0.1) is 18.5 Å². The summed E-state index contributed by atoms with van der Waals surface area (Å²) in [6, 6.07) is 69.1. The Balaban J connectivity index is 0.00000548. The van der Waals surface area contributed by atoms with Crippen LogP contribution in [0.1, 0.15) is 76.4 Å². The molecule has 10 aromatic rings. The minimum atomic E-state index is -0.235. The summed E-state index contributed by atoms with van der Waals surface area (Å²) in [5.41, 5.74) is 11.3. The number of pyridine rings is 1. The van der Waals surface area contributed by atoms with Gasteiger partial charge in [-0.1, -0.05) is 175 Å². The van der Waals surface area contributed by atoms with Gasteiger partial charge in [0.1, 0.15) is 5.82 Å². The van der Waals surface area contributed by atoms with E-state index in [2.05, 4.69) is 251 Å². The van der Waals surface area contributed by atoms with Gasteiger partial charge in [0.25, 0.3) is 6.33 Å². The predicted octanol–water partition coefficient (Wildman–Crippen LogP) is 14.1. The molecule has 0 radical (unpaired) electrons. The van der Waals surface area contributed by atoms with Crippen LogP contribution in [-0.4, -0.2) is 14.1 Å². The number of hydrogen-bond donors (Lipinski definition) is 0. The molecular formula is C60H52N4OPt-2. The average Bonchev–Trinajstić information content (AvgIpc) is 3.93. The predicted molar refractivity (Wildman–Crippen MR) is 264 cm³/mol. The second kappa shape index (κ2) is 17.5. The first-order chi connectivity index (χ1) is 31.3. The molecule has 3 heterocycles. The molecule has 330 valence electrons. The SMILES string of the molecule is CC(C)(C)c1c[n+](-c2ccc(C(C)(C)c3ccccc3)cc2)[c-]n1-c1[c-]c(Oc2[c-]c3c(cc2)c2ccccc2n3-c2cc(C(C)(C)c3ccccc3)ccn2)cc(-c2ccccc2)c1.[Pt]. The molecule has 5 nitrogen and oxygen atoms in total. The monoisotopic (exact) mass is 1040 g/mol. The first-order valence-corrected chi connectivity index (χ1v) is 22.4. The third-order valence-corrected chi connectivity index (χ3v) is 13.0. The van der Waals surface area contributed by atoms with Gasteiger partial charge >= 0.3 is 0 Å². The number of nitrogens with zero attached hydrogens (tertiary/aromatic N) is 4. The molecule has 0 aliphatic rings. The van der Waals surface area contributed by atoms with E-state index in [1.807, 2.05) is 18.3 Å². The summed E-state index contributed by atoms with van der Waals surface area (Å²) in [7, 11) is 0. The molecule has 7 aromatic carbocycles. The van der Waals surface area contributed by atoms with Crippen LogP contribution in [0.5, 0.6) is 11.5 Å². The normalized spacial score (nSPS) is 12.0. The Labute approximate surface area is 403 Å². The summed E-state index contributed by atoms with van der Waals surface area (Å²) in [5.74, 6) is 1.98. The molecule has 0 fully saturated rings. The smallest absolute Gasteiger partial charge is 0.267 e. The molecule has 0 aliphatic heterocycles. The fourth-order valence-electron chi connectivity index (χ4n) is 9.02. The van der Waals surface area contributed by atoms with Gasteiger partial charge in [0.2, 0.25) is 0 Å². The molecule has 0 saturated heterocycles. The molecule has 0 aliphatic carbocycles. The van der Waals surface area contributed by atoms with Crippen LogP contribution in [0.3, 0.4) is 0 Å². The molecule has 0 N–H and O–H groups in total. The Morgan fingerprint density at radius 3 is 1.80 bits per heavy atom. The van der Waals surface area contributed by atoms with Gasteiger partial charge in [-0.3, -0.25) is 4.57 Å². The van der Waals surface area contributed by atoms with E-state index in [0.29, 0.717) is 11.5 Å². The van der Waals surface area contributed by atoms with Gasteiger partial charge in [-0.2, -0.15) is 12.1 Å². The van der Waals surface area contributed by atoms with Crippen molar-refractivity contribution < 1.29 is 30.4 Å². The van der Waals surface area contributed by atoms with E-state index >= 15 is 0 Å². The summed E-state index contributed by atoms with van der Waals surface area (Å²) >= 11 is 0. The number of benzene rings is 7. The number of ether oxygens (including phenoxy) is 1. The number of imidazole rings is 1. The molecule has 0 atom stereocenters. The van der Waals surface area contributed by atoms with E-state index in [4.69, 9.17) is 9.72 Å². The van der Waals surface area contributed by atoms with E-state index in [1.165, 1.54) is 22.3 Å². The van der Waals surface area contributed by atoms with Crippen LogP contribution in [0.2, 0.25) is 0 Å². The minimum absolute atomic E-state index is 0. The molecule has 3 aromatic heterocycles. The number of aromatic nitrogens is 4. The van der Waals surface area contributed by atoms with Crippen molar-refractivity contribution in [1.82, 2.24) is 14.1 Å². The zero-order valence-corrected chi connectivity index (χ0v) is 40.7. The molecule has 66 heavy (non-hydrogen) atoms. The van der Waals surface area contributed by atoms with Crippen LogP contribution in [-0.2, 0) is 37.3 Å². The van der Waals surface area contributed by atoms with Crippen LogP contribution in [0.25, 0.3) is 50.1 Å². The standard InChI is InChI=1S/C60H52N4O.Pt/c1-58(2,3)56-40-62(48-29-27-46(28-30-48)59(4,5)44-21-13-9-14-22-44)41-63(56)49-35-43(42-19-11-8-12-20-42)36-51(38-49)65-50-31-32-53-52-25-17-18-26-54(52)64(55(53)39-50)57-37-47(33-34-61-57)60(6,7)45-23-15-10-16-24-45;/h8-37,40H,1-7H3;/q-2;. The fourth-order valence-corrected chi connectivity index (χ4v) is 9.02. The molecule has 0 saturated carbocycles. The molecule has 0 unspecified atom stereocenters. The van der Waals surface area contributed by atoms with Gasteiger partial charge in [-0.25, -0.2) is 4.98 Å². The van der Waals surface area contributed by atoms with Gasteiger partial charge in [-0.05, 0) is 74.6 Å². The van der Waals surface area contributed by atoms with Gasteiger partial charge in [0, 0.05) is 61.3 Å². The van der Waals surface area contributed by atoms with Crippen LogP contribution in [0.4, 0.5) is 0 Å². The fraction of sp³-hybridized carbons (Fsp3) is 0.167. The van der Waals surface area contributed by atoms with E-state index < -0.39 is 0 Å². The summed E-state index contributed by atoms with van der Waals surface area (Å²) in [6.45, 7) is 15.8. The maximum atomic E-state index is 6.85. The van der Waals surface area contributed by atoms with Gasteiger partial charge in [-0.15, -0.1) is 35.2 Å². The second-order valence-electron chi connectivity index (χ2n) is 19.0. The second-order valence-corrected chi connectivity index (χ2v) is 19.0. The summed E-state index contributed by atoms with van der Waals surface area (Å²) in [5, 5.41) is 2.20. The zero-order chi connectivity index (χ0) is 44.9. The van der Waals surface area contributed by atoms with Crippen molar-refractivity contribution >= 4 is 21.8 Å². The molecule has 6 heteroatoms. The van der Waals surface area contributed by atoms with Gasteiger partial charge in [0.15, 0.2) is 0 Å². The quantitative estimate of drug-likeness (QED) is 0.101. The molecular weight excluding hydrogens is 988 g/mol. The van der Waals surface area contributed by atoms with Crippen molar-refractivity contribution in [1.29, 1.82) is 0 Å². The Morgan fingerprint density at radius 1 is 0.530 bits per heavy atom. The van der Waals surface area contributed by atoms with E-state index in [0.717, 1.165) is 55.8 Å². The van der Waals surface area contributed by atoms with Crippen LogP contribution >= 0.6 is 0 Å².